The molecule has 2 fully saturated rings. The molecule has 13 heteroatoms. The lowest BCUT2D eigenvalue weighted by Gasteiger charge is -2.37. The highest BCUT2D eigenvalue weighted by Gasteiger charge is 2.28. The fourth-order valence-electron chi connectivity index (χ4n) is 3.94. The molecule has 0 aromatic carbocycles. The Kier molecular flexibility index (Phi) is 7.51. The van der Waals surface area contributed by atoms with E-state index >= 15 is 0 Å². The van der Waals surface area contributed by atoms with Crippen LogP contribution in [0.15, 0.2) is 12.4 Å². The minimum absolute atomic E-state index is 0.0831. The van der Waals surface area contributed by atoms with Crippen LogP contribution in [0.4, 0.5) is 22.2 Å². The Bertz CT molecular complexity index is 1000. The Morgan fingerprint density at radius 2 is 1.94 bits per heavy atom. The summed E-state index contributed by atoms with van der Waals surface area (Å²) >= 11 is 12.2. The van der Waals surface area contributed by atoms with Crippen molar-refractivity contribution < 1.29 is 9.53 Å². The van der Waals surface area contributed by atoms with Gasteiger partial charge in [-0.3, -0.25) is 10.1 Å². The maximum atomic E-state index is 12.7. The number of urea groups is 1. The zero-order valence-corrected chi connectivity index (χ0v) is 19.9. The van der Waals surface area contributed by atoms with E-state index in [-0.39, 0.29) is 17.2 Å². The summed E-state index contributed by atoms with van der Waals surface area (Å²) in [7, 11) is 0. The quantitative estimate of drug-likeness (QED) is 0.525. The van der Waals surface area contributed by atoms with E-state index in [0.717, 1.165) is 12.8 Å². The molecular weight excluding hydrogens is 469 g/mol. The number of carbonyl (C=O) groups excluding carboxylic acids is 1. The van der Waals surface area contributed by atoms with E-state index in [1.807, 2.05) is 27.6 Å². The standard InChI is InChI=1S/C20H27Cl2N9O2/c1-2-24-18-14(16(21)23)11-25-19(27-18)26-15-12-31(28-17(15)22)13-3-5-29(6-4-13)20(32)30-7-9-33-10-8-30/h11-13,23H,2-10H2,1H3,(H2,24,25,26,27). The molecule has 0 bridgehead atoms. The summed E-state index contributed by atoms with van der Waals surface area (Å²) in [6, 6.07) is 0.226. The molecule has 0 unspecified atom stereocenters. The molecule has 2 amide bonds. The third kappa shape index (κ3) is 5.48. The van der Waals surface area contributed by atoms with Crippen molar-refractivity contribution in [3.63, 3.8) is 0 Å². The number of rotatable bonds is 6. The molecule has 4 heterocycles. The number of anilines is 3. The molecule has 2 aromatic rings. The van der Waals surface area contributed by atoms with Crippen LogP contribution >= 0.6 is 23.2 Å². The summed E-state index contributed by atoms with van der Waals surface area (Å²) < 4.78 is 7.18. The maximum Gasteiger partial charge on any atom is 0.320 e. The van der Waals surface area contributed by atoms with Gasteiger partial charge in [0.2, 0.25) is 5.95 Å². The molecule has 2 saturated heterocycles. The van der Waals surface area contributed by atoms with Crippen LogP contribution in [0.3, 0.4) is 0 Å². The summed E-state index contributed by atoms with van der Waals surface area (Å²) in [5.74, 6) is 0.788. The van der Waals surface area contributed by atoms with E-state index in [4.69, 9.17) is 33.3 Å². The number of morpholine rings is 1. The Labute approximate surface area is 201 Å². The van der Waals surface area contributed by atoms with Gasteiger partial charge in [0.15, 0.2) is 5.15 Å². The normalized spacial score (nSPS) is 17.2. The van der Waals surface area contributed by atoms with E-state index in [0.29, 0.717) is 74.1 Å². The van der Waals surface area contributed by atoms with Gasteiger partial charge in [0.1, 0.15) is 11.0 Å². The molecule has 3 N–H and O–H groups in total. The second-order valence-corrected chi connectivity index (χ2v) is 8.57. The highest BCUT2D eigenvalue weighted by molar-refractivity contribution is 6.69. The average molecular weight is 496 g/mol. The number of hydrogen-bond donors (Lipinski definition) is 3. The minimum Gasteiger partial charge on any atom is -0.378 e. The van der Waals surface area contributed by atoms with E-state index in [2.05, 4.69) is 25.7 Å². The van der Waals surface area contributed by atoms with Crippen molar-refractivity contribution in [2.45, 2.75) is 25.8 Å². The van der Waals surface area contributed by atoms with Crippen LogP contribution < -0.4 is 10.6 Å². The predicted molar refractivity (Wildman–Crippen MR) is 127 cm³/mol. The lowest BCUT2D eigenvalue weighted by Crippen LogP contribution is -2.50. The molecule has 0 radical (unpaired) electrons. The fourth-order valence-corrected chi connectivity index (χ4v) is 4.26. The van der Waals surface area contributed by atoms with Crippen LogP contribution in [0.2, 0.25) is 5.15 Å². The molecule has 0 spiro atoms. The summed E-state index contributed by atoms with van der Waals surface area (Å²) in [5.41, 5.74) is 1.00. The van der Waals surface area contributed by atoms with Gasteiger partial charge in [-0.05, 0) is 19.8 Å². The molecule has 2 aromatic heterocycles. The number of nitrogens with one attached hydrogen (secondary N) is 3. The number of likely N-dealkylation sites (tertiary alicyclic amines) is 1. The molecule has 0 aliphatic carbocycles. The molecule has 11 nitrogen and oxygen atoms in total. The van der Waals surface area contributed by atoms with Gasteiger partial charge in [-0.25, -0.2) is 9.78 Å². The summed E-state index contributed by atoms with van der Waals surface area (Å²) in [5, 5.41) is 18.5. The number of amides is 2. The maximum absolute atomic E-state index is 12.7. The van der Waals surface area contributed by atoms with Gasteiger partial charge in [-0.15, -0.1) is 0 Å². The fraction of sp³-hybridized carbons (Fsp3) is 0.550. The van der Waals surface area contributed by atoms with Crippen LogP contribution in [0, 0.1) is 5.41 Å². The molecular formula is C20H27Cl2N9O2. The summed E-state index contributed by atoms with van der Waals surface area (Å²) in [6.45, 7) is 6.38. The van der Waals surface area contributed by atoms with E-state index in [1.165, 1.54) is 6.20 Å². The lowest BCUT2D eigenvalue weighted by atomic mass is 10.1. The van der Waals surface area contributed by atoms with Crippen molar-refractivity contribution >= 4 is 51.9 Å². The van der Waals surface area contributed by atoms with Crippen LogP contribution in [-0.2, 0) is 4.74 Å². The van der Waals surface area contributed by atoms with Gasteiger partial charge in [-0.2, -0.15) is 10.1 Å². The first-order chi connectivity index (χ1) is 16.0. The second kappa shape index (κ2) is 10.5. The minimum atomic E-state index is -0.137. The highest BCUT2D eigenvalue weighted by Crippen LogP contribution is 2.29. The molecule has 33 heavy (non-hydrogen) atoms. The Hall–Kier alpha value is -2.63. The largest absolute Gasteiger partial charge is 0.378 e. The van der Waals surface area contributed by atoms with Gasteiger partial charge < -0.3 is 25.2 Å². The van der Waals surface area contributed by atoms with Gasteiger partial charge >= 0.3 is 6.03 Å². The number of carbonyl (C=O) groups is 1. The topological polar surface area (TPSA) is 124 Å². The van der Waals surface area contributed by atoms with E-state index in [1.54, 1.807) is 0 Å². The second-order valence-electron chi connectivity index (χ2n) is 7.84. The monoisotopic (exact) mass is 495 g/mol. The molecule has 0 saturated carbocycles. The molecule has 2 aliphatic heterocycles. The van der Waals surface area contributed by atoms with Crippen molar-refractivity contribution in [2.75, 3.05) is 56.6 Å². The average Bonchev–Trinajstić information content (AvgIpc) is 3.19. The molecule has 178 valence electrons. The van der Waals surface area contributed by atoms with Crippen LogP contribution in [0.25, 0.3) is 0 Å². The zero-order valence-electron chi connectivity index (χ0n) is 18.4. The van der Waals surface area contributed by atoms with Crippen molar-refractivity contribution in [1.82, 2.24) is 29.5 Å². The SMILES string of the molecule is CCNc1nc(Nc2cn(C3CCN(C(=O)N4CCOCC4)CC3)nc2Cl)ncc1C(=N)Cl. The third-order valence-electron chi connectivity index (χ3n) is 5.69. The van der Waals surface area contributed by atoms with Crippen LogP contribution in [0.5, 0.6) is 0 Å². The smallest absolute Gasteiger partial charge is 0.320 e. The van der Waals surface area contributed by atoms with Crippen molar-refractivity contribution in [2.24, 2.45) is 0 Å². The zero-order chi connectivity index (χ0) is 23.4. The predicted octanol–water partition coefficient (Wildman–Crippen LogP) is 3.16. The summed E-state index contributed by atoms with van der Waals surface area (Å²) in [4.78, 5) is 25.1. The van der Waals surface area contributed by atoms with Gasteiger partial charge in [0.05, 0.1) is 36.7 Å². The number of piperidine rings is 1. The Morgan fingerprint density at radius 1 is 1.24 bits per heavy atom. The molecule has 2 aliphatic rings. The van der Waals surface area contributed by atoms with Crippen LogP contribution in [-0.4, -0.2) is 86.7 Å². The first-order valence-electron chi connectivity index (χ1n) is 10.9. The number of nitrogens with zero attached hydrogens (tertiary/aromatic N) is 6. The summed E-state index contributed by atoms with van der Waals surface area (Å²) in [6.07, 6.45) is 4.91. The lowest BCUT2D eigenvalue weighted by molar-refractivity contribution is 0.0401. The first-order valence-corrected chi connectivity index (χ1v) is 11.7. The van der Waals surface area contributed by atoms with Crippen molar-refractivity contribution in [3.8, 4) is 0 Å². The van der Waals surface area contributed by atoms with E-state index in [9.17, 15) is 4.79 Å². The van der Waals surface area contributed by atoms with Crippen molar-refractivity contribution in [3.05, 3.63) is 23.1 Å². The number of ether oxygens (including phenoxy) is 1. The Balaban J connectivity index is 1.39. The molecule has 0 atom stereocenters. The number of aromatic nitrogens is 4. The highest BCUT2D eigenvalue weighted by atomic mass is 35.5. The van der Waals surface area contributed by atoms with Gasteiger partial charge in [0.25, 0.3) is 0 Å². The number of halogens is 2. The number of hydrogen-bond acceptors (Lipinski definition) is 8. The molecule has 4 rings (SSSR count). The van der Waals surface area contributed by atoms with E-state index < -0.39 is 0 Å². The Morgan fingerprint density at radius 3 is 2.61 bits per heavy atom. The third-order valence-corrected chi connectivity index (χ3v) is 6.18. The van der Waals surface area contributed by atoms with Crippen LogP contribution in [0.1, 0.15) is 31.4 Å². The van der Waals surface area contributed by atoms with Gasteiger partial charge in [0, 0.05) is 38.9 Å². The van der Waals surface area contributed by atoms with Crippen molar-refractivity contribution in [1.29, 1.82) is 5.41 Å². The van der Waals surface area contributed by atoms with Gasteiger partial charge in [-0.1, -0.05) is 23.2 Å². The first kappa shape index (κ1) is 23.5.